The molecule has 0 aliphatic carbocycles. The van der Waals surface area contributed by atoms with Crippen molar-refractivity contribution in [2.45, 2.75) is 27.2 Å². The molecule has 104 valence electrons. The van der Waals surface area contributed by atoms with E-state index in [0.29, 0.717) is 23.6 Å². The molecule has 0 saturated carbocycles. The van der Waals surface area contributed by atoms with Gasteiger partial charge >= 0.3 is 5.97 Å². The van der Waals surface area contributed by atoms with E-state index in [1.807, 2.05) is 12.3 Å². The first-order valence-corrected chi connectivity index (χ1v) is 7.02. The first-order chi connectivity index (χ1) is 9.10. The molecule has 0 radical (unpaired) electrons. The van der Waals surface area contributed by atoms with Crippen molar-refractivity contribution >= 4 is 28.9 Å². The van der Waals surface area contributed by atoms with Crippen LogP contribution < -0.4 is 5.43 Å². The van der Waals surface area contributed by atoms with Gasteiger partial charge in [-0.2, -0.15) is 5.10 Å². The summed E-state index contributed by atoms with van der Waals surface area (Å²) in [6, 6.07) is 3.51. The number of ether oxygens (including phenoxy) is 1. The summed E-state index contributed by atoms with van der Waals surface area (Å²) >= 11 is 1.34. The molecule has 1 aromatic rings. The van der Waals surface area contributed by atoms with Crippen molar-refractivity contribution in [3.8, 4) is 0 Å². The lowest BCUT2D eigenvalue weighted by Crippen LogP contribution is -2.27. The van der Waals surface area contributed by atoms with Gasteiger partial charge in [0, 0.05) is 5.71 Å². The van der Waals surface area contributed by atoms with E-state index >= 15 is 0 Å². The number of rotatable bonds is 6. The van der Waals surface area contributed by atoms with Crippen LogP contribution in [0.5, 0.6) is 0 Å². The number of thiophene rings is 1. The second-order valence-electron chi connectivity index (χ2n) is 3.88. The Kier molecular flexibility index (Phi) is 6.21. The van der Waals surface area contributed by atoms with Crippen molar-refractivity contribution in [3.63, 3.8) is 0 Å². The molecule has 1 N–H and O–H groups in total. The van der Waals surface area contributed by atoms with Crippen LogP contribution in [0.15, 0.2) is 22.6 Å². The Balaban J connectivity index is 2.64. The highest BCUT2D eigenvalue weighted by Crippen LogP contribution is 2.10. The van der Waals surface area contributed by atoms with Gasteiger partial charge < -0.3 is 4.74 Å². The van der Waals surface area contributed by atoms with Crippen molar-refractivity contribution in [1.82, 2.24) is 5.43 Å². The highest BCUT2D eigenvalue weighted by Gasteiger charge is 2.21. The molecular weight excluding hydrogens is 264 g/mol. The first kappa shape index (κ1) is 15.4. The van der Waals surface area contributed by atoms with Gasteiger partial charge in [0.15, 0.2) is 0 Å². The molecule has 1 unspecified atom stereocenters. The first-order valence-electron chi connectivity index (χ1n) is 6.14. The fraction of sp³-hybridized carbons (Fsp3) is 0.462. The molecule has 0 spiro atoms. The van der Waals surface area contributed by atoms with Crippen LogP contribution in [0.3, 0.4) is 0 Å². The summed E-state index contributed by atoms with van der Waals surface area (Å²) in [5, 5.41) is 5.80. The van der Waals surface area contributed by atoms with Crippen LogP contribution in [0.2, 0.25) is 0 Å². The van der Waals surface area contributed by atoms with Crippen LogP contribution >= 0.6 is 11.3 Å². The number of carbonyl (C=O) groups is 2. The lowest BCUT2D eigenvalue weighted by Gasteiger charge is -2.12. The molecule has 1 rings (SSSR count). The standard InChI is InChI=1S/C13H18N2O3S/c1-4-10(13(17)18-5-2)9(3)14-15-12(16)11-7-6-8-19-11/h6-8,10H,4-5H2,1-3H3,(H,15,16)/b14-9+. The van der Waals surface area contributed by atoms with Gasteiger partial charge in [-0.1, -0.05) is 13.0 Å². The zero-order chi connectivity index (χ0) is 14.3. The van der Waals surface area contributed by atoms with Crippen LogP contribution in [0, 0.1) is 5.92 Å². The Labute approximate surface area is 116 Å². The van der Waals surface area contributed by atoms with Crippen LogP contribution in [0.4, 0.5) is 0 Å². The second kappa shape index (κ2) is 7.68. The van der Waals surface area contributed by atoms with E-state index < -0.39 is 5.92 Å². The maximum absolute atomic E-state index is 11.7. The van der Waals surface area contributed by atoms with Gasteiger partial charge in [-0.05, 0) is 31.7 Å². The number of hydrazone groups is 1. The summed E-state index contributed by atoms with van der Waals surface area (Å²) in [6.45, 7) is 5.68. The number of esters is 1. The summed E-state index contributed by atoms with van der Waals surface area (Å²) in [5.41, 5.74) is 3.00. The molecule has 5 nitrogen and oxygen atoms in total. The van der Waals surface area contributed by atoms with E-state index in [-0.39, 0.29) is 11.9 Å². The van der Waals surface area contributed by atoms with Gasteiger partial charge in [-0.25, -0.2) is 5.43 Å². The molecule has 1 atom stereocenters. The van der Waals surface area contributed by atoms with Gasteiger partial charge in [0.25, 0.3) is 5.91 Å². The normalized spacial score (nSPS) is 12.9. The summed E-state index contributed by atoms with van der Waals surface area (Å²) in [7, 11) is 0. The molecule has 6 heteroatoms. The largest absolute Gasteiger partial charge is 0.465 e. The molecule has 0 bridgehead atoms. The highest BCUT2D eigenvalue weighted by atomic mass is 32.1. The van der Waals surface area contributed by atoms with Crippen molar-refractivity contribution in [2.75, 3.05) is 6.61 Å². The van der Waals surface area contributed by atoms with Gasteiger partial charge in [0.05, 0.1) is 17.4 Å². The lowest BCUT2D eigenvalue weighted by atomic mass is 10.0. The monoisotopic (exact) mass is 282 g/mol. The van der Waals surface area contributed by atoms with E-state index in [1.54, 1.807) is 26.0 Å². The average molecular weight is 282 g/mol. The van der Waals surface area contributed by atoms with E-state index in [0.717, 1.165) is 0 Å². The van der Waals surface area contributed by atoms with Crippen molar-refractivity contribution in [1.29, 1.82) is 0 Å². The number of hydrogen-bond donors (Lipinski definition) is 1. The van der Waals surface area contributed by atoms with Crippen LogP contribution in [0.25, 0.3) is 0 Å². The van der Waals surface area contributed by atoms with Crippen molar-refractivity contribution in [2.24, 2.45) is 11.0 Å². The SMILES string of the molecule is CCOC(=O)C(CC)/C(C)=N/NC(=O)c1cccs1. The minimum absolute atomic E-state index is 0.270. The van der Waals surface area contributed by atoms with E-state index in [4.69, 9.17) is 4.74 Å². The van der Waals surface area contributed by atoms with Crippen LogP contribution in [-0.4, -0.2) is 24.2 Å². The average Bonchev–Trinajstić information content (AvgIpc) is 2.91. The van der Waals surface area contributed by atoms with Crippen molar-refractivity contribution in [3.05, 3.63) is 22.4 Å². The van der Waals surface area contributed by atoms with Crippen molar-refractivity contribution < 1.29 is 14.3 Å². The minimum Gasteiger partial charge on any atom is -0.465 e. The van der Waals surface area contributed by atoms with E-state index in [2.05, 4.69) is 10.5 Å². The number of carbonyl (C=O) groups excluding carboxylic acids is 2. The Bertz CT molecular complexity index is 454. The maximum atomic E-state index is 11.7. The summed E-state index contributed by atoms with van der Waals surface area (Å²) in [4.78, 5) is 24.0. The molecule has 0 aliphatic rings. The molecule has 0 fully saturated rings. The summed E-state index contributed by atoms with van der Waals surface area (Å²) in [5.74, 6) is -0.992. The van der Waals surface area contributed by atoms with E-state index in [1.165, 1.54) is 11.3 Å². The predicted octanol–water partition coefficient (Wildman–Crippen LogP) is 2.44. The number of amides is 1. The second-order valence-corrected chi connectivity index (χ2v) is 4.83. The third-order valence-electron chi connectivity index (χ3n) is 2.56. The minimum atomic E-state index is -0.413. The molecule has 1 amide bonds. The molecule has 0 aliphatic heterocycles. The van der Waals surface area contributed by atoms with Gasteiger partial charge in [0.2, 0.25) is 0 Å². The third-order valence-corrected chi connectivity index (χ3v) is 3.43. The fourth-order valence-electron chi connectivity index (χ4n) is 1.56. The number of hydrogen-bond acceptors (Lipinski definition) is 5. The molecule has 19 heavy (non-hydrogen) atoms. The zero-order valence-corrected chi connectivity index (χ0v) is 12.1. The Morgan fingerprint density at radius 3 is 2.74 bits per heavy atom. The number of nitrogens with zero attached hydrogens (tertiary/aromatic N) is 1. The predicted molar refractivity (Wildman–Crippen MR) is 75.3 cm³/mol. The van der Waals surface area contributed by atoms with Gasteiger partial charge in [-0.15, -0.1) is 11.3 Å². The molecule has 1 aromatic heterocycles. The van der Waals surface area contributed by atoms with Crippen LogP contribution in [0.1, 0.15) is 36.9 Å². The maximum Gasteiger partial charge on any atom is 0.314 e. The number of nitrogens with one attached hydrogen (secondary N) is 1. The molecule has 0 saturated heterocycles. The summed E-state index contributed by atoms with van der Waals surface area (Å²) < 4.78 is 4.96. The smallest absolute Gasteiger partial charge is 0.314 e. The quantitative estimate of drug-likeness (QED) is 0.495. The molecule has 1 heterocycles. The Morgan fingerprint density at radius 1 is 1.47 bits per heavy atom. The third kappa shape index (κ3) is 4.48. The van der Waals surface area contributed by atoms with E-state index in [9.17, 15) is 9.59 Å². The fourth-order valence-corrected chi connectivity index (χ4v) is 2.17. The Hall–Kier alpha value is -1.69. The van der Waals surface area contributed by atoms with Crippen LogP contribution in [-0.2, 0) is 9.53 Å². The molecule has 0 aromatic carbocycles. The summed E-state index contributed by atoms with van der Waals surface area (Å²) in [6.07, 6.45) is 0.586. The lowest BCUT2D eigenvalue weighted by molar-refractivity contribution is -0.145. The highest BCUT2D eigenvalue weighted by molar-refractivity contribution is 7.12. The zero-order valence-electron chi connectivity index (χ0n) is 11.3. The molecular formula is C13H18N2O3S. The Morgan fingerprint density at radius 2 is 2.21 bits per heavy atom. The van der Waals surface area contributed by atoms with Gasteiger partial charge in [0.1, 0.15) is 0 Å². The van der Waals surface area contributed by atoms with Gasteiger partial charge in [-0.3, -0.25) is 9.59 Å². The topological polar surface area (TPSA) is 67.8 Å².